The minimum Gasteiger partial charge on any atom is -0.388 e. The minimum atomic E-state index is -3.23. The molecule has 0 bridgehead atoms. The zero-order chi connectivity index (χ0) is 15.2. The number of nitrogens with zero attached hydrogens (tertiary/aromatic N) is 1. The number of rotatable bonds is 3. The van der Waals surface area contributed by atoms with Gasteiger partial charge in [0.25, 0.3) is 0 Å². The van der Waals surface area contributed by atoms with Gasteiger partial charge < -0.3 is 5.11 Å². The van der Waals surface area contributed by atoms with E-state index in [1.165, 1.54) is 17.6 Å². The lowest BCUT2D eigenvalue weighted by Crippen LogP contribution is -2.44. The van der Waals surface area contributed by atoms with Crippen LogP contribution in [0.5, 0.6) is 0 Å². The maximum absolute atomic E-state index is 11.8. The van der Waals surface area contributed by atoms with E-state index >= 15 is 0 Å². The molecule has 2 atom stereocenters. The molecule has 4 nitrogen and oxygen atoms in total. The quantitative estimate of drug-likeness (QED) is 0.929. The van der Waals surface area contributed by atoms with Crippen LogP contribution in [0.25, 0.3) is 0 Å². The second-order valence-electron chi connectivity index (χ2n) is 6.87. The third-order valence-electron chi connectivity index (χ3n) is 3.97. The first-order chi connectivity index (χ1) is 9.02. The van der Waals surface area contributed by atoms with E-state index in [0.29, 0.717) is 19.3 Å². The highest BCUT2D eigenvalue weighted by Gasteiger charge is 2.47. The van der Waals surface area contributed by atoms with E-state index in [0.717, 1.165) is 17.1 Å². The summed E-state index contributed by atoms with van der Waals surface area (Å²) in [4.78, 5) is 4.57. The van der Waals surface area contributed by atoms with E-state index in [2.05, 4.69) is 25.8 Å². The predicted octanol–water partition coefficient (Wildman–Crippen LogP) is 2.31. The van der Waals surface area contributed by atoms with Gasteiger partial charge in [0.2, 0.25) is 0 Å². The second-order valence-corrected chi connectivity index (χ2v) is 10.0. The van der Waals surface area contributed by atoms with Gasteiger partial charge in [-0.3, -0.25) is 0 Å². The van der Waals surface area contributed by atoms with Crippen molar-refractivity contribution in [2.75, 3.05) is 6.26 Å². The summed E-state index contributed by atoms with van der Waals surface area (Å²) in [5.74, 6) is 0. The average molecular weight is 317 g/mol. The number of aromatic nitrogens is 1. The molecule has 1 aliphatic carbocycles. The van der Waals surface area contributed by atoms with Crippen LogP contribution in [-0.2, 0) is 21.7 Å². The topological polar surface area (TPSA) is 67.3 Å². The van der Waals surface area contributed by atoms with Gasteiger partial charge in [0.15, 0.2) is 9.84 Å². The van der Waals surface area contributed by atoms with E-state index in [1.807, 2.05) is 5.38 Å². The fourth-order valence-corrected chi connectivity index (χ4v) is 5.57. The predicted molar refractivity (Wildman–Crippen MR) is 82.0 cm³/mol. The van der Waals surface area contributed by atoms with Gasteiger partial charge in [-0.25, -0.2) is 13.4 Å². The van der Waals surface area contributed by atoms with Gasteiger partial charge in [-0.1, -0.05) is 20.8 Å². The van der Waals surface area contributed by atoms with Crippen LogP contribution in [0, 0.1) is 0 Å². The van der Waals surface area contributed by atoms with E-state index in [4.69, 9.17) is 0 Å². The van der Waals surface area contributed by atoms with Gasteiger partial charge in [-0.2, -0.15) is 0 Å². The summed E-state index contributed by atoms with van der Waals surface area (Å²) in [6, 6.07) is 0. The lowest BCUT2D eigenvalue weighted by molar-refractivity contribution is 0.0511. The van der Waals surface area contributed by atoms with Crippen molar-refractivity contribution >= 4 is 21.2 Å². The average Bonchev–Trinajstić information content (AvgIpc) is 2.83. The summed E-state index contributed by atoms with van der Waals surface area (Å²) in [5.41, 5.74) is -0.181. The molecule has 0 aromatic carbocycles. The molecule has 1 saturated carbocycles. The largest absolute Gasteiger partial charge is 0.388 e. The molecule has 1 aromatic heterocycles. The molecule has 1 fully saturated rings. The van der Waals surface area contributed by atoms with Gasteiger partial charge in [-0.05, 0) is 19.3 Å². The van der Waals surface area contributed by atoms with Crippen LogP contribution in [0.3, 0.4) is 0 Å². The second kappa shape index (κ2) is 5.07. The van der Waals surface area contributed by atoms with Crippen LogP contribution in [0.1, 0.15) is 50.7 Å². The summed E-state index contributed by atoms with van der Waals surface area (Å²) in [6.07, 6.45) is 3.40. The molecule has 1 N–H and O–H groups in total. The maximum atomic E-state index is 11.8. The van der Waals surface area contributed by atoms with E-state index in [9.17, 15) is 13.5 Å². The molecular weight excluding hydrogens is 294 g/mol. The smallest absolute Gasteiger partial charge is 0.153 e. The minimum absolute atomic E-state index is 0.0245. The van der Waals surface area contributed by atoms with E-state index in [-0.39, 0.29) is 5.41 Å². The molecular formula is C14H23NO3S2. The number of sulfone groups is 1. The van der Waals surface area contributed by atoms with Crippen molar-refractivity contribution in [2.24, 2.45) is 0 Å². The first-order valence-electron chi connectivity index (χ1n) is 6.88. The molecule has 1 aliphatic rings. The fourth-order valence-electron chi connectivity index (χ4n) is 2.84. The Labute approximate surface area is 125 Å². The molecule has 0 radical (unpaired) electrons. The number of thiazole rings is 1. The Kier molecular flexibility index (Phi) is 4.04. The molecule has 6 heteroatoms. The van der Waals surface area contributed by atoms with Crippen LogP contribution >= 0.6 is 11.3 Å². The van der Waals surface area contributed by atoms with E-state index in [1.54, 1.807) is 0 Å². The lowest BCUT2D eigenvalue weighted by atomic mass is 9.93. The van der Waals surface area contributed by atoms with Crippen molar-refractivity contribution in [2.45, 2.75) is 62.7 Å². The summed E-state index contributed by atoms with van der Waals surface area (Å²) >= 11 is 1.51. The number of aliphatic hydroxyl groups is 1. The zero-order valence-corrected chi connectivity index (χ0v) is 14.1. The summed E-state index contributed by atoms with van der Waals surface area (Å²) < 4.78 is 23.7. The third-order valence-corrected chi connectivity index (χ3v) is 6.53. The Hall–Kier alpha value is -0.460. The molecule has 2 rings (SSSR count). The van der Waals surface area contributed by atoms with Gasteiger partial charge >= 0.3 is 0 Å². The van der Waals surface area contributed by atoms with Crippen molar-refractivity contribution in [3.63, 3.8) is 0 Å². The number of hydrogen-bond donors (Lipinski definition) is 1. The molecule has 0 aliphatic heterocycles. The summed E-state index contributed by atoms with van der Waals surface area (Å²) in [7, 11) is -3.23. The van der Waals surface area contributed by atoms with Crippen molar-refractivity contribution in [3.05, 3.63) is 16.1 Å². The molecule has 2 unspecified atom stereocenters. The van der Waals surface area contributed by atoms with Gasteiger partial charge in [0.1, 0.15) is 0 Å². The molecule has 0 amide bonds. The zero-order valence-electron chi connectivity index (χ0n) is 12.5. The van der Waals surface area contributed by atoms with E-state index < -0.39 is 20.7 Å². The highest BCUT2D eigenvalue weighted by Crippen LogP contribution is 2.38. The lowest BCUT2D eigenvalue weighted by Gasteiger charge is -2.28. The summed E-state index contributed by atoms with van der Waals surface area (Å²) in [5, 5.41) is 12.9. The Morgan fingerprint density at radius 1 is 1.50 bits per heavy atom. The van der Waals surface area contributed by atoms with Crippen LogP contribution < -0.4 is 0 Å². The number of hydrogen-bond acceptors (Lipinski definition) is 5. The molecule has 20 heavy (non-hydrogen) atoms. The van der Waals surface area contributed by atoms with Crippen LogP contribution in [-0.4, -0.2) is 35.6 Å². The Morgan fingerprint density at radius 3 is 2.65 bits per heavy atom. The molecule has 114 valence electrons. The van der Waals surface area contributed by atoms with Gasteiger partial charge in [-0.15, -0.1) is 11.3 Å². The molecule has 0 spiro atoms. The first kappa shape index (κ1) is 15.9. The normalized spacial score (nSPS) is 27.9. The Bertz CT molecular complexity index is 586. The Balaban J connectivity index is 2.22. The summed E-state index contributed by atoms with van der Waals surface area (Å²) in [6.45, 7) is 6.28. The van der Waals surface area contributed by atoms with Crippen LogP contribution in [0.15, 0.2) is 5.38 Å². The van der Waals surface area contributed by atoms with Gasteiger partial charge in [0.05, 0.1) is 21.6 Å². The fraction of sp³-hybridized carbons (Fsp3) is 0.786. The van der Waals surface area contributed by atoms with Crippen molar-refractivity contribution < 1.29 is 13.5 Å². The van der Waals surface area contributed by atoms with Crippen molar-refractivity contribution in [1.29, 1.82) is 0 Å². The molecule has 1 aromatic rings. The van der Waals surface area contributed by atoms with Crippen molar-refractivity contribution in [3.8, 4) is 0 Å². The molecule has 1 heterocycles. The highest BCUT2D eigenvalue weighted by atomic mass is 32.2. The van der Waals surface area contributed by atoms with Crippen molar-refractivity contribution in [1.82, 2.24) is 4.98 Å². The Morgan fingerprint density at radius 2 is 2.15 bits per heavy atom. The standard InChI is InChI=1S/C14H23NO3S2/c1-13(2,3)10-9-19-12(15-10)8-14(16)7-5-6-11(14)20(4,17)18/h9,11,16H,5-8H2,1-4H3. The SMILES string of the molecule is CC(C)(C)c1csc(CC2(O)CCCC2S(C)(=O)=O)n1. The van der Waals surface area contributed by atoms with Gasteiger partial charge in [0, 0.05) is 23.5 Å². The monoisotopic (exact) mass is 317 g/mol. The first-order valence-corrected chi connectivity index (χ1v) is 9.72. The highest BCUT2D eigenvalue weighted by molar-refractivity contribution is 7.91. The van der Waals surface area contributed by atoms with Crippen LogP contribution in [0.4, 0.5) is 0 Å². The molecule has 0 saturated heterocycles. The maximum Gasteiger partial charge on any atom is 0.153 e. The third kappa shape index (κ3) is 3.23. The van der Waals surface area contributed by atoms with Crippen LogP contribution in [0.2, 0.25) is 0 Å².